The highest BCUT2D eigenvalue weighted by molar-refractivity contribution is 8.01. The zero-order valence-electron chi connectivity index (χ0n) is 29.7. The van der Waals surface area contributed by atoms with E-state index in [4.69, 9.17) is 32.9 Å². The number of benzene rings is 3. The first-order valence-electron chi connectivity index (χ1n) is 17.4. The van der Waals surface area contributed by atoms with Crippen molar-refractivity contribution in [2.24, 2.45) is 0 Å². The van der Waals surface area contributed by atoms with E-state index < -0.39 is 17.7 Å². The third-order valence-electron chi connectivity index (χ3n) is 8.69. The highest BCUT2D eigenvalue weighted by atomic mass is 35.5. The van der Waals surface area contributed by atoms with Gasteiger partial charge in [-0.1, -0.05) is 71.4 Å². The molecule has 3 heterocycles. The van der Waals surface area contributed by atoms with E-state index in [0.717, 1.165) is 70.1 Å². The Hall–Kier alpha value is -4.07. The molecular weight excluding hydrogens is 752 g/mol. The lowest BCUT2D eigenvalue weighted by molar-refractivity contribution is -0.119. The Kier molecular flexibility index (Phi) is 12.7. The van der Waals surface area contributed by atoms with Crippen LogP contribution in [0, 0.1) is 0 Å². The predicted molar refractivity (Wildman–Crippen MR) is 215 cm³/mol. The number of fused-ring (bicyclic) bond motifs is 1. The van der Waals surface area contributed by atoms with Crippen LogP contribution in [0.1, 0.15) is 44.7 Å². The minimum absolute atomic E-state index is 0.0124. The maximum absolute atomic E-state index is 13.7. The molecule has 1 aliphatic heterocycles. The summed E-state index contributed by atoms with van der Waals surface area (Å²) in [5.74, 6) is -0.118. The van der Waals surface area contributed by atoms with Crippen LogP contribution in [-0.2, 0) is 27.3 Å². The van der Waals surface area contributed by atoms with E-state index >= 15 is 0 Å². The number of H-pyrrole nitrogens is 1. The van der Waals surface area contributed by atoms with Gasteiger partial charge in [-0.05, 0) is 75.1 Å². The summed E-state index contributed by atoms with van der Waals surface area (Å²) >= 11 is 15.1. The molecule has 0 aliphatic carbocycles. The van der Waals surface area contributed by atoms with Gasteiger partial charge in [0.15, 0.2) is 4.34 Å². The van der Waals surface area contributed by atoms with Crippen LogP contribution in [0.4, 0.5) is 10.5 Å². The molecule has 6 rings (SSSR count). The number of nitrogens with zero attached hydrogens (tertiary/aromatic N) is 2. The number of likely N-dealkylation sites (tertiary alicyclic amines) is 1. The number of nitrogens with one attached hydrogen (secondary N) is 4. The van der Waals surface area contributed by atoms with Gasteiger partial charge in [-0.25, -0.2) is 9.78 Å². The molecular formula is C39H42Cl2N6O4S2. The number of alkyl carbamates (subject to hydrolysis) is 1. The van der Waals surface area contributed by atoms with Gasteiger partial charge in [-0.15, -0.1) is 11.3 Å². The van der Waals surface area contributed by atoms with Crippen LogP contribution in [0.25, 0.3) is 22.2 Å². The van der Waals surface area contributed by atoms with Gasteiger partial charge in [-0.3, -0.25) is 14.5 Å². The predicted octanol–water partition coefficient (Wildman–Crippen LogP) is 8.55. The Morgan fingerprint density at radius 2 is 1.83 bits per heavy atom. The van der Waals surface area contributed by atoms with Gasteiger partial charge in [0.25, 0.3) is 0 Å². The monoisotopic (exact) mass is 792 g/mol. The van der Waals surface area contributed by atoms with Crippen LogP contribution in [0.15, 0.2) is 82.6 Å². The first-order valence-corrected chi connectivity index (χ1v) is 20.0. The molecule has 1 atom stereocenters. The fraction of sp³-hybridized carbons (Fsp3) is 0.333. The third-order valence-corrected chi connectivity index (χ3v) is 11.4. The summed E-state index contributed by atoms with van der Waals surface area (Å²) in [5, 5.41) is 13.0. The lowest BCUT2D eigenvalue weighted by Gasteiger charge is -2.32. The fourth-order valence-corrected chi connectivity index (χ4v) is 8.12. The Bertz CT molecular complexity index is 2070. The van der Waals surface area contributed by atoms with E-state index in [1.807, 2.05) is 72.2 Å². The van der Waals surface area contributed by atoms with E-state index in [-0.39, 0.29) is 30.0 Å². The molecule has 14 heteroatoms. The highest BCUT2D eigenvalue weighted by Gasteiger charge is 2.26. The second-order valence-corrected chi connectivity index (χ2v) is 16.9. The van der Waals surface area contributed by atoms with Crippen molar-refractivity contribution in [2.75, 3.05) is 24.2 Å². The van der Waals surface area contributed by atoms with E-state index in [9.17, 15) is 14.4 Å². The minimum Gasteiger partial charge on any atom is -0.444 e. The molecule has 1 aliphatic rings. The van der Waals surface area contributed by atoms with Crippen LogP contribution >= 0.6 is 46.3 Å². The van der Waals surface area contributed by atoms with Crippen molar-refractivity contribution in [3.8, 4) is 11.3 Å². The number of thiazole rings is 1. The Labute approximate surface area is 327 Å². The number of ether oxygens (including phenoxy) is 1. The van der Waals surface area contributed by atoms with E-state index in [2.05, 4.69) is 25.8 Å². The van der Waals surface area contributed by atoms with Crippen LogP contribution in [0.2, 0.25) is 10.0 Å². The molecule has 0 radical (unpaired) electrons. The Morgan fingerprint density at radius 3 is 2.60 bits per heavy atom. The number of hydrogen-bond donors (Lipinski definition) is 4. The minimum atomic E-state index is -0.900. The topological polar surface area (TPSA) is 128 Å². The molecule has 278 valence electrons. The largest absolute Gasteiger partial charge is 0.444 e. The van der Waals surface area contributed by atoms with Crippen LogP contribution in [0.5, 0.6) is 0 Å². The van der Waals surface area contributed by atoms with Gasteiger partial charge in [-0.2, -0.15) is 0 Å². The molecule has 53 heavy (non-hydrogen) atoms. The third kappa shape index (κ3) is 11.0. The van der Waals surface area contributed by atoms with Crippen molar-refractivity contribution in [3.05, 3.63) is 99.5 Å². The summed E-state index contributed by atoms with van der Waals surface area (Å²) in [6.07, 6.45) is 3.21. The van der Waals surface area contributed by atoms with Gasteiger partial charge in [0.05, 0.1) is 21.5 Å². The number of piperidine rings is 1. The van der Waals surface area contributed by atoms with Crippen molar-refractivity contribution in [1.29, 1.82) is 0 Å². The first kappa shape index (κ1) is 38.6. The Balaban J connectivity index is 1.01. The number of anilines is 1. The molecule has 10 nitrogen and oxygen atoms in total. The normalized spacial score (nSPS) is 14.5. The van der Waals surface area contributed by atoms with Crippen molar-refractivity contribution in [1.82, 2.24) is 25.5 Å². The standard InChI is InChI=1S/C39H42Cl2N6O4S2/c1-39(2,3)51-37(50)45-33(19-26-20-42-32-10-5-4-9-29(26)32)36(49)44-28-8-6-7-25(18-28)34-22-52-38(46-34)53-23-35(48)43-27-13-15-47(16-14-27)21-24-11-12-30(40)31(41)17-24/h4-12,17-18,20,22,27,33,42H,13-16,19,21,23H2,1-3H3,(H,43,48)(H,44,49)(H,45,50). The van der Waals surface area contributed by atoms with Crippen LogP contribution in [0.3, 0.4) is 0 Å². The molecule has 0 spiro atoms. The molecule has 4 N–H and O–H groups in total. The average Bonchev–Trinajstić information content (AvgIpc) is 3.76. The summed E-state index contributed by atoms with van der Waals surface area (Å²) < 4.78 is 6.25. The number of hydrogen-bond acceptors (Lipinski definition) is 8. The molecule has 0 saturated carbocycles. The number of halogens is 2. The number of aromatic nitrogens is 2. The summed E-state index contributed by atoms with van der Waals surface area (Å²) in [4.78, 5) is 49.6. The van der Waals surface area contributed by atoms with Gasteiger partial charge in [0.2, 0.25) is 11.8 Å². The summed E-state index contributed by atoms with van der Waals surface area (Å²) in [7, 11) is 0. The highest BCUT2D eigenvalue weighted by Crippen LogP contribution is 2.30. The van der Waals surface area contributed by atoms with Crippen molar-refractivity contribution in [2.45, 2.75) is 68.6 Å². The second kappa shape index (κ2) is 17.4. The molecule has 1 saturated heterocycles. The van der Waals surface area contributed by atoms with E-state index in [1.54, 1.807) is 26.8 Å². The number of carbonyl (C=O) groups is 3. The Morgan fingerprint density at radius 1 is 1.04 bits per heavy atom. The van der Waals surface area contributed by atoms with Crippen molar-refractivity contribution >= 4 is 80.8 Å². The van der Waals surface area contributed by atoms with Crippen LogP contribution < -0.4 is 16.0 Å². The zero-order chi connectivity index (χ0) is 37.5. The lowest BCUT2D eigenvalue weighted by Crippen LogP contribution is -2.47. The van der Waals surface area contributed by atoms with Crippen molar-refractivity contribution in [3.63, 3.8) is 0 Å². The second-order valence-electron chi connectivity index (χ2n) is 14.0. The number of rotatable bonds is 12. The summed E-state index contributed by atoms with van der Waals surface area (Å²) in [6.45, 7) is 7.90. The molecule has 3 amide bonds. The average molecular weight is 794 g/mol. The first-order chi connectivity index (χ1) is 25.4. The number of carbonyl (C=O) groups excluding carboxylic acids is 3. The van der Waals surface area contributed by atoms with Crippen molar-refractivity contribution < 1.29 is 19.1 Å². The molecule has 2 aromatic heterocycles. The van der Waals surface area contributed by atoms with E-state index in [1.165, 1.54) is 23.1 Å². The van der Waals surface area contributed by atoms with Gasteiger partial charge >= 0.3 is 6.09 Å². The maximum Gasteiger partial charge on any atom is 0.408 e. The molecule has 1 fully saturated rings. The van der Waals surface area contributed by atoms with Gasteiger partial charge < -0.3 is 25.7 Å². The number of amides is 3. The smallest absolute Gasteiger partial charge is 0.408 e. The molecule has 1 unspecified atom stereocenters. The number of aromatic amines is 1. The lowest BCUT2D eigenvalue weighted by atomic mass is 10.0. The molecule has 3 aromatic carbocycles. The zero-order valence-corrected chi connectivity index (χ0v) is 32.9. The van der Waals surface area contributed by atoms with Gasteiger partial charge in [0.1, 0.15) is 11.6 Å². The van der Waals surface area contributed by atoms with Crippen LogP contribution in [-0.4, -0.2) is 69.3 Å². The van der Waals surface area contributed by atoms with E-state index in [0.29, 0.717) is 15.7 Å². The molecule has 5 aromatic rings. The SMILES string of the molecule is CC(C)(C)OC(=O)NC(Cc1c[nH]c2ccccc12)C(=O)Nc1cccc(-c2csc(SCC(=O)NC3CCN(Cc4ccc(Cl)c(Cl)c4)CC3)n2)c1. The summed E-state index contributed by atoms with van der Waals surface area (Å²) in [5.41, 5.74) is 4.36. The molecule has 0 bridgehead atoms. The number of para-hydroxylation sites is 1. The maximum atomic E-state index is 13.7. The summed E-state index contributed by atoms with van der Waals surface area (Å²) in [6, 6.07) is 20.2. The van der Waals surface area contributed by atoms with Gasteiger partial charge in [0, 0.05) is 65.8 Å². The number of thioether (sulfide) groups is 1. The fourth-order valence-electron chi connectivity index (χ4n) is 6.15. The quantitative estimate of drug-likeness (QED) is 0.0933.